The van der Waals surface area contributed by atoms with Gasteiger partial charge in [0, 0.05) is 6.54 Å². The molecule has 0 aliphatic heterocycles. The summed E-state index contributed by atoms with van der Waals surface area (Å²) in [6.45, 7) is 9.97. The van der Waals surface area contributed by atoms with Crippen molar-refractivity contribution in [2.24, 2.45) is 0 Å². The van der Waals surface area contributed by atoms with Crippen LogP contribution < -0.4 is 10.6 Å². The van der Waals surface area contributed by atoms with Crippen LogP contribution in [-0.4, -0.2) is 58.3 Å². The predicted molar refractivity (Wildman–Crippen MR) is 85.7 cm³/mol. The zero-order chi connectivity index (χ0) is 19.1. The molecule has 0 aromatic rings. The van der Waals surface area contributed by atoms with E-state index in [4.69, 9.17) is 14.6 Å². The van der Waals surface area contributed by atoms with Gasteiger partial charge in [-0.2, -0.15) is 0 Å². The van der Waals surface area contributed by atoms with Gasteiger partial charge >= 0.3 is 18.2 Å². The molecule has 0 aliphatic rings. The highest BCUT2D eigenvalue weighted by molar-refractivity contribution is 5.80. The number of carboxylic acids is 1. The van der Waals surface area contributed by atoms with Gasteiger partial charge in [0.05, 0.1) is 6.10 Å². The molecule has 2 atom stereocenters. The van der Waals surface area contributed by atoms with Crippen LogP contribution in [0.5, 0.6) is 0 Å². The Morgan fingerprint density at radius 3 is 1.83 bits per heavy atom. The van der Waals surface area contributed by atoms with E-state index < -0.39 is 41.5 Å². The lowest BCUT2D eigenvalue weighted by molar-refractivity contribution is -0.142. The second-order valence-corrected chi connectivity index (χ2v) is 7.25. The maximum atomic E-state index is 11.6. The Labute approximate surface area is 141 Å². The molecule has 0 fully saturated rings. The first kappa shape index (κ1) is 22.0. The normalized spacial score (nSPS) is 14.3. The lowest BCUT2D eigenvalue weighted by atomic mass is 10.1. The van der Waals surface area contributed by atoms with Gasteiger partial charge in [-0.3, -0.25) is 0 Å². The van der Waals surface area contributed by atoms with E-state index >= 15 is 0 Å². The van der Waals surface area contributed by atoms with Gasteiger partial charge in [-0.15, -0.1) is 0 Å². The minimum Gasteiger partial charge on any atom is -0.480 e. The number of aliphatic hydroxyl groups is 1. The maximum Gasteiger partial charge on any atom is 0.408 e. The topological polar surface area (TPSA) is 134 Å². The molecule has 4 N–H and O–H groups in total. The van der Waals surface area contributed by atoms with Gasteiger partial charge in [0.25, 0.3) is 0 Å². The Morgan fingerprint density at radius 1 is 0.958 bits per heavy atom. The van der Waals surface area contributed by atoms with Gasteiger partial charge in [0.2, 0.25) is 0 Å². The highest BCUT2D eigenvalue weighted by Crippen LogP contribution is 2.09. The average Bonchev–Trinajstić information content (AvgIpc) is 2.30. The summed E-state index contributed by atoms with van der Waals surface area (Å²) < 4.78 is 9.96. The van der Waals surface area contributed by atoms with Crippen molar-refractivity contribution in [2.45, 2.75) is 71.3 Å². The number of carboxylic acid groups (broad SMARTS) is 1. The van der Waals surface area contributed by atoms with E-state index in [0.29, 0.717) is 0 Å². The van der Waals surface area contributed by atoms with Gasteiger partial charge in [-0.05, 0) is 48.0 Å². The van der Waals surface area contributed by atoms with Crippen LogP contribution in [-0.2, 0) is 14.3 Å². The first-order valence-corrected chi connectivity index (χ1v) is 7.58. The Hall–Kier alpha value is -2.03. The Balaban J connectivity index is 4.45. The van der Waals surface area contributed by atoms with E-state index in [1.807, 2.05) is 0 Å². The van der Waals surface area contributed by atoms with Gasteiger partial charge in [-0.1, -0.05) is 0 Å². The number of hydrogen-bond donors (Lipinski definition) is 4. The van der Waals surface area contributed by atoms with Crippen LogP contribution in [0.25, 0.3) is 0 Å². The second kappa shape index (κ2) is 8.72. The van der Waals surface area contributed by atoms with Crippen LogP contribution >= 0.6 is 0 Å². The Morgan fingerprint density at radius 2 is 1.42 bits per heavy atom. The first-order chi connectivity index (χ1) is 10.7. The van der Waals surface area contributed by atoms with Crippen molar-refractivity contribution in [1.29, 1.82) is 0 Å². The van der Waals surface area contributed by atoms with E-state index in [9.17, 15) is 19.5 Å². The van der Waals surface area contributed by atoms with Crippen molar-refractivity contribution in [3.05, 3.63) is 0 Å². The smallest absolute Gasteiger partial charge is 0.408 e. The van der Waals surface area contributed by atoms with E-state index in [1.54, 1.807) is 41.5 Å². The number of hydrogen-bond acceptors (Lipinski definition) is 6. The summed E-state index contributed by atoms with van der Waals surface area (Å²) in [6, 6.07) is -1.56. The lowest BCUT2D eigenvalue weighted by Gasteiger charge is -2.24. The third-order valence-corrected chi connectivity index (χ3v) is 2.43. The summed E-state index contributed by atoms with van der Waals surface area (Å²) in [4.78, 5) is 34.3. The molecule has 0 aliphatic carbocycles. The van der Waals surface area contributed by atoms with Crippen molar-refractivity contribution in [2.75, 3.05) is 6.54 Å². The number of aliphatic hydroxyl groups excluding tert-OH is 1. The van der Waals surface area contributed by atoms with Gasteiger partial charge in [-0.25, -0.2) is 14.4 Å². The molecule has 2 unspecified atom stereocenters. The molecule has 0 radical (unpaired) electrons. The van der Waals surface area contributed by atoms with Crippen molar-refractivity contribution in [3.8, 4) is 0 Å². The number of rotatable bonds is 6. The minimum atomic E-state index is -1.56. The van der Waals surface area contributed by atoms with Gasteiger partial charge < -0.3 is 30.3 Å². The van der Waals surface area contributed by atoms with Crippen LogP contribution in [0.1, 0.15) is 48.0 Å². The molecule has 0 bridgehead atoms. The molecule has 0 saturated heterocycles. The molecule has 2 amide bonds. The van der Waals surface area contributed by atoms with E-state index in [2.05, 4.69) is 10.6 Å². The molecule has 0 saturated carbocycles. The number of carbonyl (C=O) groups is 3. The zero-order valence-corrected chi connectivity index (χ0v) is 15.0. The summed E-state index contributed by atoms with van der Waals surface area (Å²) >= 11 is 0. The summed E-state index contributed by atoms with van der Waals surface area (Å²) in [5.74, 6) is -1.41. The van der Waals surface area contributed by atoms with E-state index in [-0.39, 0.29) is 13.0 Å². The van der Waals surface area contributed by atoms with Gasteiger partial charge in [0.15, 0.2) is 6.04 Å². The first-order valence-electron chi connectivity index (χ1n) is 7.58. The van der Waals surface area contributed by atoms with Crippen LogP contribution in [0.4, 0.5) is 9.59 Å². The summed E-state index contributed by atoms with van der Waals surface area (Å²) in [5, 5.41) is 23.5. The average molecular weight is 348 g/mol. The predicted octanol–water partition coefficient (Wildman–Crippen LogP) is 1.24. The summed E-state index contributed by atoms with van der Waals surface area (Å²) in [5.41, 5.74) is -1.46. The number of aliphatic carboxylic acids is 1. The van der Waals surface area contributed by atoms with Crippen molar-refractivity contribution < 1.29 is 34.1 Å². The number of alkyl carbamates (subject to hydrolysis) is 2. The molecule has 0 aromatic carbocycles. The molecule has 9 heteroatoms. The fraction of sp³-hybridized carbons (Fsp3) is 0.800. The van der Waals surface area contributed by atoms with Crippen LogP contribution in [0.2, 0.25) is 0 Å². The molecule has 140 valence electrons. The largest absolute Gasteiger partial charge is 0.480 e. The second-order valence-electron chi connectivity index (χ2n) is 7.25. The van der Waals surface area contributed by atoms with E-state index in [0.717, 1.165) is 0 Å². The SMILES string of the molecule is CC(C)(C)OC(=O)NCCC(O)C(NC(=O)OC(C)(C)C)C(=O)O. The number of ether oxygens (including phenoxy) is 2. The van der Waals surface area contributed by atoms with E-state index in [1.165, 1.54) is 0 Å². The number of nitrogens with one attached hydrogen (secondary N) is 2. The molecule has 0 heterocycles. The quantitative estimate of drug-likeness (QED) is 0.567. The summed E-state index contributed by atoms with van der Waals surface area (Å²) in [7, 11) is 0. The van der Waals surface area contributed by atoms with Gasteiger partial charge in [0.1, 0.15) is 11.2 Å². The zero-order valence-electron chi connectivity index (χ0n) is 15.0. The minimum absolute atomic E-state index is 0.0180. The molecular formula is C15H28N2O7. The highest BCUT2D eigenvalue weighted by atomic mass is 16.6. The fourth-order valence-corrected chi connectivity index (χ4v) is 1.56. The molecule has 0 spiro atoms. The van der Waals surface area contributed by atoms with Crippen LogP contribution in [0.15, 0.2) is 0 Å². The lowest BCUT2D eigenvalue weighted by Crippen LogP contribution is -2.51. The molecule has 9 nitrogen and oxygen atoms in total. The Bertz CT molecular complexity index is 452. The third-order valence-electron chi connectivity index (χ3n) is 2.43. The molecule has 0 rings (SSSR count). The van der Waals surface area contributed by atoms with Crippen molar-refractivity contribution >= 4 is 18.2 Å². The fourth-order valence-electron chi connectivity index (χ4n) is 1.56. The molecule has 24 heavy (non-hydrogen) atoms. The monoisotopic (exact) mass is 348 g/mol. The highest BCUT2D eigenvalue weighted by Gasteiger charge is 2.30. The molecular weight excluding hydrogens is 320 g/mol. The maximum absolute atomic E-state index is 11.6. The number of carbonyl (C=O) groups excluding carboxylic acids is 2. The molecule has 0 aromatic heterocycles. The van der Waals surface area contributed by atoms with Crippen molar-refractivity contribution in [1.82, 2.24) is 10.6 Å². The Kier molecular flexibility index (Phi) is 7.98. The van der Waals surface area contributed by atoms with Crippen LogP contribution in [0.3, 0.4) is 0 Å². The standard InChI is InChI=1S/C15H28N2O7/c1-14(2,3)23-12(21)16-8-7-9(18)10(11(19)20)17-13(22)24-15(4,5)6/h9-10,18H,7-8H2,1-6H3,(H,16,21)(H,17,22)(H,19,20). The van der Waals surface area contributed by atoms with Crippen LogP contribution in [0, 0.1) is 0 Å². The summed E-state index contributed by atoms with van der Waals surface area (Å²) in [6.07, 6.45) is -3.13. The third kappa shape index (κ3) is 10.7. The number of amides is 2. The van der Waals surface area contributed by atoms with Crippen molar-refractivity contribution in [3.63, 3.8) is 0 Å².